The number of hydrogen-bond acceptors (Lipinski definition) is 5. The molecule has 0 spiro atoms. The molecular weight excluding hydrogens is 741 g/mol. The third kappa shape index (κ3) is 48.0. The molecule has 0 heterocycles. The van der Waals surface area contributed by atoms with Gasteiger partial charge in [0.1, 0.15) is 6.61 Å². The first-order valence-electron chi connectivity index (χ1n) is 25.5. The molecule has 0 N–H and O–H groups in total. The lowest BCUT2D eigenvalue weighted by Gasteiger charge is -2.18. The van der Waals surface area contributed by atoms with Gasteiger partial charge in [0.15, 0.2) is 6.10 Å². The van der Waals surface area contributed by atoms with Crippen LogP contribution in [0.3, 0.4) is 0 Å². The molecule has 0 aliphatic rings. The first-order chi connectivity index (χ1) is 29.6. The summed E-state index contributed by atoms with van der Waals surface area (Å²) in [5.74, 6) is -0.432. The third-order valence-electron chi connectivity index (χ3n) is 10.7. The lowest BCUT2D eigenvalue weighted by Crippen LogP contribution is -2.30. The molecule has 0 aliphatic heterocycles. The molecule has 0 rings (SSSR count). The Balaban J connectivity index is 4.32. The highest BCUT2D eigenvalue weighted by Gasteiger charge is 2.17. The zero-order valence-electron chi connectivity index (χ0n) is 39.7. The fourth-order valence-corrected chi connectivity index (χ4v) is 7.01. The number of ether oxygens (including phenoxy) is 3. The van der Waals surface area contributed by atoms with E-state index in [0.29, 0.717) is 19.4 Å². The molecule has 60 heavy (non-hydrogen) atoms. The van der Waals surface area contributed by atoms with Crippen LogP contribution in [0.1, 0.15) is 239 Å². The summed E-state index contributed by atoms with van der Waals surface area (Å²) in [5.41, 5.74) is 0. The maximum atomic E-state index is 12.8. The largest absolute Gasteiger partial charge is 0.462 e. The van der Waals surface area contributed by atoms with Gasteiger partial charge >= 0.3 is 11.9 Å². The van der Waals surface area contributed by atoms with Crippen molar-refractivity contribution in [2.45, 2.75) is 245 Å². The quantitative estimate of drug-likeness (QED) is 0.0347. The number of carbonyl (C=O) groups is 2. The fourth-order valence-electron chi connectivity index (χ4n) is 7.01. The molecule has 0 aromatic heterocycles. The second-order valence-corrected chi connectivity index (χ2v) is 16.7. The molecule has 0 aromatic carbocycles. The second-order valence-electron chi connectivity index (χ2n) is 16.7. The van der Waals surface area contributed by atoms with Crippen molar-refractivity contribution in [3.63, 3.8) is 0 Å². The molecule has 0 saturated heterocycles. The normalized spacial score (nSPS) is 12.8. The Morgan fingerprint density at radius 3 is 1.20 bits per heavy atom. The van der Waals surface area contributed by atoms with Gasteiger partial charge in [0.2, 0.25) is 0 Å². The van der Waals surface area contributed by atoms with Gasteiger partial charge < -0.3 is 14.2 Å². The lowest BCUT2D eigenvalue weighted by molar-refractivity contribution is -0.163. The van der Waals surface area contributed by atoms with Crippen molar-refractivity contribution < 1.29 is 23.8 Å². The van der Waals surface area contributed by atoms with Crippen LogP contribution in [0.25, 0.3) is 0 Å². The van der Waals surface area contributed by atoms with Gasteiger partial charge in [-0.25, -0.2) is 0 Å². The van der Waals surface area contributed by atoms with E-state index in [2.05, 4.69) is 93.7 Å². The zero-order valence-corrected chi connectivity index (χ0v) is 39.7. The maximum absolute atomic E-state index is 12.8. The lowest BCUT2D eigenvalue weighted by atomic mass is 10.0. The zero-order chi connectivity index (χ0) is 43.5. The van der Waals surface area contributed by atoms with Gasteiger partial charge in [0, 0.05) is 19.4 Å². The first-order valence-corrected chi connectivity index (χ1v) is 25.5. The van der Waals surface area contributed by atoms with Crippen molar-refractivity contribution in [2.75, 3.05) is 19.8 Å². The monoisotopic (exact) mass is 837 g/mol. The van der Waals surface area contributed by atoms with Gasteiger partial charge in [0.25, 0.3) is 0 Å². The molecule has 0 aliphatic carbocycles. The van der Waals surface area contributed by atoms with Crippen LogP contribution in [0.2, 0.25) is 0 Å². The predicted octanol–water partition coefficient (Wildman–Crippen LogP) is 17.1. The smallest absolute Gasteiger partial charge is 0.306 e. The number of esters is 2. The van der Waals surface area contributed by atoms with Crippen LogP contribution in [0.15, 0.2) is 72.9 Å². The van der Waals surface area contributed by atoms with E-state index in [1.165, 1.54) is 103 Å². The van der Waals surface area contributed by atoms with Gasteiger partial charge in [-0.15, -0.1) is 0 Å². The van der Waals surface area contributed by atoms with E-state index in [0.717, 1.165) is 103 Å². The topological polar surface area (TPSA) is 61.8 Å². The van der Waals surface area contributed by atoms with Crippen LogP contribution in [0, 0.1) is 0 Å². The highest BCUT2D eigenvalue weighted by Crippen LogP contribution is 2.14. The minimum absolute atomic E-state index is 0.0689. The Kier molecular flexibility index (Phi) is 48.4. The molecule has 0 fully saturated rings. The fraction of sp³-hybridized carbons (Fsp3) is 0.745. The molecule has 0 aromatic rings. The van der Waals surface area contributed by atoms with Crippen molar-refractivity contribution in [2.24, 2.45) is 0 Å². The summed E-state index contributed by atoms with van der Waals surface area (Å²) >= 11 is 0. The average molecular weight is 837 g/mol. The van der Waals surface area contributed by atoms with E-state index in [1.807, 2.05) is 0 Å². The first kappa shape index (κ1) is 57.3. The summed E-state index contributed by atoms with van der Waals surface area (Å²) in [6.45, 7) is 7.59. The number of hydrogen-bond donors (Lipinski definition) is 0. The Morgan fingerprint density at radius 1 is 0.383 bits per heavy atom. The van der Waals surface area contributed by atoms with E-state index in [-0.39, 0.29) is 25.2 Å². The van der Waals surface area contributed by atoms with Crippen molar-refractivity contribution in [1.82, 2.24) is 0 Å². The number of rotatable bonds is 46. The van der Waals surface area contributed by atoms with Gasteiger partial charge in [0.05, 0.1) is 6.61 Å². The predicted molar refractivity (Wildman–Crippen MR) is 260 cm³/mol. The highest BCUT2D eigenvalue weighted by atomic mass is 16.6. The summed E-state index contributed by atoms with van der Waals surface area (Å²) in [6.07, 6.45) is 64.8. The average Bonchev–Trinajstić information content (AvgIpc) is 3.25. The molecule has 5 nitrogen and oxygen atoms in total. The van der Waals surface area contributed by atoms with Gasteiger partial charge in [-0.2, -0.15) is 0 Å². The molecule has 1 atom stereocenters. The number of carbonyl (C=O) groups excluding carboxylic acids is 2. The van der Waals surface area contributed by atoms with Gasteiger partial charge in [-0.3, -0.25) is 9.59 Å². The molecule has 0 amide bonds. The van der Waals surface area contributed by atoms with Gasteiger partial charge in [-0.1, -0.05) is 216 Å². The summed E-state index contributed by atoms with van der Waals surface area (Å²) in [4.78, 5) is 25.4. The summed E-state index contributed by atoms with van der Waals surface area (Å²) < 4.78 is 17.4. The van der Waals surface area contributed by atoms with E-state index >= 15 is 0 Å². The van der Waals surface area contributed by atoms with Crippen LogP contribution in [0.5, 0.6) is 0 Å². The molecule has 346 valence electrons. The molecule has 1 unspecified atom stereocenters. The third-order valence-corrected chi connectivity index (χ3v) is 10.7. The van der Waals surface area contributed by atoms with Crippen molar-refractivity contribution in [3.8, 4) is 0 Å². The van der Waals surface area contributed by atoms with E-state index in [4.69, 9.17) is 14.2 Å². The van der Waals surface area contributed by atoms with Gasteiger partial charge in [-0.05, 0) is 83.5 Å². The van der Waals surface area contributed by atoms with E-state index in [1.54, 1.807) is 0 Å². The maximum Gasteiger partial charge on any atom is 0.306 e. The van der Waals surface area contributed by atoms with Crippen LogP contribution < -0.4 is 0 Å². The minimum atomic E-state index is -0.552. The number of allylic oxidation sites excluding steroid dienone is 12. The number of unbranched alkanes of at least 4 members (excludes halogenated alkanes) is 23. The molecule has 5 heteroatoms. The van der Waals surface area contributed by atoms with E-state index < -0.39 is 6.10 Å². The minimum Gasteiger partial charge on any atom is -0.462 e. The Hall–Kier alpha value is -2.66. The van der Waals surface area contributed by atoms with Crippen LogP contribution in [-0.2, 0) is 23.8 Å². The molecule has 0 saturated carbocycles. The summed E-state index contributed by atoms with van der Waals surface area (Å²) in [5, 5.41) is 0. The molecular formula is C55H96O5. The van der Waals surface area contributed by atoms with E-state index in [9.17, 15) is 9.59 Å². The Morgan fingerprint density at radius 2 is 0.750 bits per heavy atom. The van der Waals surface area contributed by atoms with Crippen LogP contribution in [-0.4, -0.2) is 37.9 Å². The Labute approximate surface area is 372 Å². The molecule has 0 radical (unpaired) electrons. The summed E-state index contributed by atoms with van der Waals surface area (Å²) in [7, 11) is 0. The SMILES string of the molecule is CC/C=C\C/C=C\C/C=C\CCCCCCCC(=O)OCC(COCCCCCCCCCCCCCCCC)OC(=O)CCCCCCC/C=C\C/C=C\C/C=C\CC. The highest BCUT2D eigenvalue weighted by molar-refractivity contribution is 5.70. The van der Waals surface area contributed by atoms with Crippen molar-refractivity contribution in [3.05, 3.63) is 72.9 Å². The standard InChI is InChI=1S/C55H96O5/c1-4-7-10-13-16-19-22-25-28-30-33-36-39-42-45-48-54(56)59-52-53(51-58-50-47-44-41-38-35-32-27-24-21-18-15-12-9-6-3)60-55(57)49-46-43-40-37-34-31-29-26-23-20-17-14-11-8-5-2/h7-8,10-11,16-17,19-20,25-26,28-29,53H,4-6,9,12-15,18,21-24,27,30-52H2,1-3H3/b10-7-,11-8-,19-16-,20-17-,28-25-,29-26-. The Bertz CT molecular complexity index is 1080. The van der Waals surface area contributed by atoms with Crippen molar-refractivity contribution in [1.29, 1.82) is 0 Å². The van der Waals surface area contributed by atoms with Crippen molar-refractivity contribution >= 4 is 11.9 Å². The van der Waals surface area contributed by atoms with Crippen LogP contribution >= 0.6 is 0 Å². The molecule has 0 bridgehead atoms. The summed E-state index contributed by atoms with van der Waals surface area (Å²) in [6, 6.07) is 0. The second kappa shape index (κ2) is 50.7. The van der Waals surface area contributed by atoms with Crippen LogP contribution in [0.4, 0.5) is 0 Å².